The first-order valence-electron chi connectivity index (χ1n) is 5.31. The molecule has 0 unspecified atom stereocenters. The largest absolute Gasteiger partial charge is 0.437 e. The van der Waals surface area contributed by atoms with Gasteiger partial charge in [0.05, 0.1) is 11.5 Å². The third kappa shape index (κ3) is 4.52. The topological polar surface area (TPSA) is 95.6 Å². The highest BCUT2D eigenvalue weighted by molar-refractivity contribution is 6.45. The van der Waals surface area contributed by atoms with Crippen molar-refractivity contribution in [3.05, 3.63) is 39.9 Å². The lowest BCUT2D eigenvalue weighted by Crippen LogP contribution is -2.43. The molecule has 0 saturated carbocycles. The molecule has 0 radical (unpaired) electrons. The number of rotatable bonds is 6. The van der Waals surface area contributed by atoms with E-state index in [1.807, 2.05) is 0 Å². The standard InChI is InChI=1S/C10H15BN2O4/c1-11(15)12-9(7-14)6-8-2-4-10(5-3-8)13(16)17/h2-5,9,12,14-15H,6-7H2,1H3/t9-/m0/s1. The Bertz CT molecular complexity index is 369. The molecule has 92 valence electrons. The minimum absolute atomic E-state index is 0.0396. The van der Waals surface area contributed by atoms with Crippen LogP contribution in [0.15, 0.2) is 24.3 Å². The molecule has 1 aromatic rings. The molecule has 7 heteroatoms. The highest BCUT2D eigenvalue weighted by Gasteiger charge is 2.13. The number of nitrogens with one attached hydrogen (secondary N) is 1. The molecule has 0 fully saturated rings. The third-order valence-corrected chi connectivity index (χ3v) is 2.33. The van der Waals surface area contributed by atoms with Crippen molar-refractivity contribution in [1.29, 1.82) is 0 Å². The predicted molar refractivity (Wildman–Crippen MR) is 64.6 cm³/mol. The lowest BCUT2D eigenvalue weighted by molar-refractivity contribution is -0.384. The molecule has 3 N–H and O–H groups in total. The van der Waals surface area contributed by atoms with Crippen molar-refractivity contribution < 1.29 is 15.1 Å². The molecule has 1 rings (SSSR count). The average Bonchev–Trinajstić information content (AvgIpc) is 2.28. The molecule has 1 atom stereocenters. The van der Waals surface area contributed by atoms with Gasteiger partial charge in [0.25, 0.3) is 5.69 Å². The van der Waals surface area contributed by atoms with Crippen molar-refractivity contribution in [2.24, 2.45) is 0 Å². The van der Waals surface area contributed by atoms with Gasteiger partial charge in [-0.1, -0.05) is 12.1 Å². The molecule has 17 heavy (non-hydrogen) atoms. The van der Waals surface area contributed by atoms with Crippen molar-refractivity contribution in [3.8, 4) is 0 Å². The van der Waals surface area contributed by atoms with Gasteiger partial charge in [0.1, 0.15) is 0 Å². The zero-order chi connectivity index (χ0) is 12.8. The van der Waals surface area contributed by atoms with Crippen LogP contribution in [0.1, 0.15) is 5.56 Å². The second kappa shape index (κ2) is 6.34. The number of non-ortho nitro benzene ring substituents is 1. The van der Waals surface area contributed by atoms with Crippen molar-refractivity contribution >= 4 is 12.7 Å². The number of nitro groups is 1. The number of nitrogens with zero attached hydrogens (tertiary/aromatic N) is 1. The number of aliphatic hydroxyl groups is 1. The van der Waals surface area contributed by atoms with E-state index in [4.69, 9.17) is 10.1 Å². The first kappa shape index (κ1) is 13.6. The second-order valence-corrected chi connectivity index (χ2v) is 3.85. The number of hydrogen-bond donors (Lipinski definition) is 3. The van der Waals surface area contributed by atoms with Crippen LogP contribution < -0.4 is 5.23 Å². The molecule has 0 aliphatic carbocycles. The zero-order valence-electron chi connectivity index (χ0n) is 9.54. The maximum absolute atomic E-state index is 10.5. The van der Waals surface area contributed by atoms with Gasteiger partial charge in [-0.2, -0.15) is 0 Å². The van der Waals surface area contributed by atoms with Gasteiger partial charge in [-0.05, 0) is 18.8 Å². The Morgan fingerprint density at radius 2 is 2.06 bits per heavy atom. The molecular formula is C10H15BN2O4. The molecule has 0 bridgehead atoms. The van der Waals surface area contributed by atoms with E-state index in [9.17, 15) is 10.1 Å². The molecule has 0 aliphatic heterocycles. The third-order valence-electron chi connectivity index (χ3n) is 2.33. The summed E-state index contributed by atoms with van der Waals surface area (Å²) in [5.74, 6) is 0. The van der Waals surface area contributed by atoms with Crippen molar-refractivity contribution in [1.82, 2.24) is 5.23 Å². The summed E-state index contributed by atoms with van der Waals surface area (Å²) in [5.41, 5.74) is 0.903. The molecule has 0 heterocycles. The Morgan fingerprint density at radius 3 is 2.47 bits per heavy atom. The summed E-state index contributed by atoms with van der Waals surface area (Å²) in [6.07, 6.45) is 0.499. The van der Waals surface area contributed by atoms with Crippen molar-refractivity contribution in [2.45, 2.75) is 19.3 Å². The van der Waals surface area contributed by atoms with E-state index in [-0.39, 0.29) is 18.3 Å². The van der Waals surface area contributed by atoms with Crippen molar-refractivity contribution in [3.63, 3.8) is 0 Å². The Labute approximate surface area is 99.6 Å². The van der Waals surface area contributed by atoms with Crippen LogP contribution in [0.3, 0.4) is 0 Å². The summed E-state index contributed by atoms with van der Waals surface area (Å²) in [4.78, 5) is 10.00. The number of aliphatic hydroxyl groups excluding tert-OH is 1. The minimum Gasteiger partial charge on any atom is -0.437 e. The predicted octanol–water partition coefficient (Wildman–Crippen LogP) is 0.198. The SMILES string of the molecule is CB(O)N[C@H](CO)Cc1ccc([N+](=O)[O-])cc1. The van der Waals surface area contributed by atoms with Gasteiger partial charge in [0.15, 0.2) is 0 Å². The van der Waals surface area contributed by atoms with E-state index in [2.05, 4.69) is 5.23 Å². The first-order chi connectivity index (χ1) is 8.02. The van der Waals surface area contributed by atoms with Gasteiger partial charge in [0, 0.05) is 18.2 Å². The fourth-order valence-corrected chi connectivity index (χ4v) is 1.56. The van der Waals surface area contributed by atoms with Gasteiger partial charge in [-0.15, -0.1) is 0 Å². The Balaban J connectivity index is 2.64. The average molecular weight is 238 g/mol. The van der Waals surface area contributed by atoms with E-state index in [0.29, 0.717) is 6.42 Å². The molecule has 0 aromatic heterocycles. The Morgan fingerprint density at radius 1 is 1.47 bits per heavy atom. The Hall–Kier alpha value is -1.44. The van der Waals surface area contributed by atoms with Gasteiger partial charge >= 0.3 is 7.05 Å². The summed E-state index contributed by atoms with van der Waals surface area (Å²) >= 11 is 0. The summed E-state index contributed by atoms with van der Waals surface area (Å²) in [6, 6.07) is 5.87. The molecule has 0 amide bonds. The van der Waals surface area contributed by atoms with E-state index in [0.717, 1.165) is 5.56 Å². The van der Waals surface area contributed by atoms with Gasteiger partial charge in [-0.25, -0.2) is 0 Å². The first-order valence-corrected chi connectivity index (χ1v) is 5.31. The zero-order valence-corrected chi connectivity index (χ0v) is 9.54. The van der Waals surface area contributed by atoms with Crippen LogP contribution >= 0.6 is 0 Å². The fourth-order valence-electron chi connectivity index (χ4n) is 1.56. The van der Waals surface area contributed by atoms with Crippen LogP contribution in [0.2, 0.25) is 6.82 Å². The lowest BCUT2D eigenvalue weighted by Gasteiger charge is -2.16. The number of hydrogen-bond acceptors (Lipinski definition) is 5. The van der Waals surface area contributed by atoms with Gasteiger partial charge in [0.2, 0.25) is 0 Å². The number of benzene rings is 1. The maximum Gasteiger partial charge on any atom is 0.373 e. The number of nitro benzene ring substituents is 1. The molecule has 1 aromatic carbocycles. The van der Waals surface area contributed by atoms with Crippen LogP contribution in [-0.2, 0) is 6.42 Å². The Kier molecular flexibility index (Phi) is 5.08. The van der Waals surface area contributed by atoms with Crippen LogP contribution in [0.4, 0.5) is 5.69 Å². The second-order valence-electron chi connectivity index (χ2n) is 3.85. The van der Waals surface area contributed by atoms with Crippen LogP contribution in [0, 0.1) is 10.1 Å². The molecule has 0 saturated heterocycles. The molecular weight excluding hydrogens is 223 g/mol. The quantitative estimate of drug-likeness (QED) is 0.373. The molecule has 6 nitrogen and oxygen atoms in total. The van der Waals surface area contributed by atoms with Crippen LogP contribution in [0.25, 0.3) is 0 Å². The van der Waals surface area contributed by atoms with Gasteiger partial charge < -0.3 is 15.4 Å². The lowest BCUT2D eigenvalue weighted by atomic mass is 9.86. The van der Waals surface area contributed by atoms with E-state index >= 15 is 0 Å². The van der Waals surface area contributed by atoms with Crippen molar-refractivity contribution in [2.75, 3.05) is 6.61 Å². The molecule has 0 aliphatic rings. The minimum atomic E-state index is -0.704. The van der Waals surface area contributed by atoms with Crippen LogP contribution in [-0.4, -0.2) is 34.8 Å². The van der Waals surface area contributed by atoms with E-state index < -0.39 is 12.0 Å². The summed E-state index contributed by atoms with van der Waals surface area (Å²) in [7, 11) is -0.704. The van der Waals surface area contributed by atoms with Gasteiger partial charge in [-0.3, -0.25) is 10.1 Å². The van der Waals surface area contributed by atoms with E-state index in [1.54, 1.807) is 19.0 Å². The summed E-state index contributed by atoms with van der Waals surface area (Å²) in [6.45, 7) is 1.46. The summed E-state index contributed by atoms with van der Waals surface area (Å²) < 4.78 is 0. The highest BCUT2D eigenvalue weighted by atomic mass is 16.6. The smallest absolute Gasteiger partial charge is 0.373 e. The normalized spacial score (nSPS) is 12.2. The molecule has 0 spiro atoms. The summed E-state index contributed by atoms with van der Waals surface area (Å²) in [5, 5.41) is 31.5. The van der Waals surface area contributed by atoms with E-state index in [1.165, 1.54) is 12.1 Å². The highest BCUT2D eigenvalue weighted by Crippen LogP contribution is 2.13. The van der Waals surface area contributed by atoms with Crippen LogP contribution in [0.5, 0.6) is 0 Å². The maximum atomic E-state index is 10.5. The monoisotopic (exact) mass is 238 g/mol. The fraction of sp³-hybridized carbons (Fsp3) is 0.400.